The summed E-state index contributed by atoms with van der Waals surface area (Å²) in [6.45, 7) is 3.13. The number of carbonyl (C=O) groups excluding carboxylic acids is 1. The molecule has 1 unspecified atom stereocenters. The van der Waals surface area contributed by atoms with Gasteiger partial charge in [-0.2, -0.15) is 18.3 Å². The van der Waals surface area contributed by atoms with Crippen LogP contribution in [0.2, 0.25) is 0 Å². The van der Waals surface area contributed by atoms with Gasteiger partial charge in [0.1, 0.15) is 0 Å². The molecule has 1 amide bonds. The highest BCUT2D eigenvalue weighted by Gasteiger charge is 2.34. The number of carbonyl (C=O) groups is 1. The lowest BCUT2D eigenvalue weighted by molar-refractivity contribution is -0.141. The quantitative estimate of drug-likeness (QED) is 0.812. The van der Waals surface area contributed by atoms with Crippen molar-refractivity contribution in [2.24, 2.45) is 0 Å². The van der Waals surface area contributed by atoms with Gasteiger partial charge in [-0.1, -0.05) is 37.3 Å². The van der Waals surface area contributed by atoms with E-state index in [0.29, 0.717) is 32.4 Å². The van der Waals surface area contributed by atoms with Crippen LogP contribution in [-0.2, 0) is 11.0 Å². The minimum Gasteiger partial charge on any atom is -0.343 e. The number of hydrogen-bond donors (Lipinski definition) is 0. The van der Waals surface area contributed by atoms with E-state index in [4.69, 9.17) is 0 Å². The second-order valence-electron chi connectivity index (χ2n) is 6.81. The number of rotatable bonds is 4. The van der Waals surface area contributed by atoms with Gasteiger partial charge in [-0.15, -0.1) is 0 Å². The van der Waals surface area contributed by atoms with Crippen molar-refractivity contribution in [3.63, 3.8) is 0 Å². The largest absolute Gasteiger partial charge is 0.435 e. The zero-order valence-corrected chi connectivity index (χ0v) is 14.6. The number of likely N-dealkylation sites (tertiary alicyclic amines) is 1. The maximum Gasteiger partial charge on any atom is 0.435 e. The molecule has 26 heavy (non-hydrogen) atoms. The molecule has 140 valence electrons. The molecule has 0 bridgehead atoms. The number of benzene rings is 1. The monoisotopic (exact) mass is 365 g/mol. The Morgan fingerprint density at radius 3 is 2.42 bits per heavy atom. The molecule has 1 aliphatic rings. The molecular formula is C19H22F3N3O. The highest BCUT2D eigenvalue weighted by Crippen LogP contribution is 2.30. The summed E-state index contributed by atoms with van der Waals surface area (Å²) >= 11 is 0. The molecule has 0 saturated carbocycles. The van der Waals surface area contributed by atoms with Crippen LogP contribution in [0, 0.1) is 0 Å². The molecule has 2 aromatic rings. The molecule has 1 atom stereocenters. The van der Waals surface area contributed by atoms with Crippen LogP contribution in [0.25, 0.3) is 0 Å². The van der Waals surface area contributed by atoms with Gasteiger partial charge < -0.3 is 4.90 Å². The summed E-state index contributed by atoms with van der Waals surface area (Å²) in [5, 5.41) is 3.65. The van der Waals surface area contributed by atoms with E-state index in [2.05, 4.69) is 5.10 Å². The van der Waals surface area contributed by atoms with E-state index in [1.54, 1.807) is 0 Å². The molecule has 1 aromatic heterocycles. The predicted molar refractivity (Wildman–Crippen MR) is 91.6 cm³/mol. The summed E-state index contributed by atoms with van der Waals surface area (Å²) in [7, 11) is 0. The topological polar surface area (TPSA) is 38.1 Å². The first-order valence-corrected chi connectivity index (χ1v) is 8.79. The number of aromatic nitrogens is 2. The molecule has 1 aliphatic heterocycles. The smallest absolute Gasteiger partial charge is 0.343 e. The molecule has 0 spiro atoms. The maximum absolute atomic E-state index is 12.7. The third-order valence-electron chi connectivity index (χ3n) is 4.94. The SMILES string of the molecule is CC(CC(=O)N1CCC(n2ccc(C(F)(F)F)n2)CC1)c1ccccc1. The second-order valence-corrected chi connectivity index (χ2v) is 6.81. The molecule has 7 heteroatoms. The van der Waals surface area contributed by atoms with E-state index in [0.717, 1.165) is 11.6 Å². The first kappa shape index (κ1) is 18.5. The lowest BCUT2D eigenvalue weighted by atomic mass is 9.96. The third-order valence-corrected chi connectivity index (χ3v) is 4.94. The van der Waals surface area contributed by atoms with Crippen molar-refractivity contribution in [3.05, 3.63) is 53.9 Å². The molecule has 0 N–H and O–H groups in total. The van der Waals surface area contributed by atoms with E-state index >= 15 is 0 Å². The number of nitrogens with zero attached hydrogens (tertiary/aromatic N) is 3. The lowest BCUT2D eigenvalue weighted by Gasteiger charge is -2.32. The minimum absolute atomic E-state index is 0.0937. The fourth-order valence-corrected chi connectivity index (χ4v) is 3.36. The van der Waals surface area contributed by atoms with Crippen LogP contribution in [0.1, 0.15) is 49.4 Å². The number of halogens is 3. The average molecular weight is 365 g/mol. The highest BCUT2D eigenvalue weighted by molar-refractivity contribution is 5.77. The van der Waals surface area contributed by atoms with Gasteiger partial charge in [0, 0.05) is 25.7 Å². The Morgan fingerprint density at radius 2 is 1.85 bits per heavy atom. The van der Waals surface area contributed by atoms with E-state index < -0.39 is 11.9 Å². The summed E-state index contributed by atoms with van der Waals surface area (Å²) < 4.78 is 39.4. The molecule has 2 heterocycles. The van der Waals surface area contributed by atoms with Crippen LogP contribution in [0.15, 0.2) is 42.6 Å². The van der Waals surface area contributed by atoms with Crippen molar-refractivity contribution in [1.82, 2.24) is 14.7 Å². The Hall–Kier alpha value is -2.31. The summed E-state index contributed by atoms with van der Waals surface area (Å²) in [4.78, 5) is 14.3. The standard InChI is InChI=1S/C19H22F3N3O/c1-14(15-5-3-2-4-6-15)13-18(26)24-10-7-16(8-11-24)25-12-9-17(23-25)19(20,21)22/h2-6,9,12,14,16H,7-8,10-11,13H2,1H3. The normalized spacial score (nSPS) is 17.3. The van der Waals surface area contributed by atoms with Gasteiger partial charge in [-0.3, -0.25) is 9.48 Å². The number of hydrogen-bond acceptors (Lipinski definition) is 2. The highest BCUT2D eigenvalue weighted by atomic mass is 19.4. The Bertz CT molecular complexity index is 734. The molecule has 1 fully saturated rings. The lowest BCUT2D eigenvalue weighted by Crippen LogP contribution is -2.39. The zero-order valence-electron chi connectivity index (χ0n) is 14.6. The summed E-state index contributed by atoms with van der Waals surface area (Å²) in [6, 6.07) is 10.8. The zero-order chi connectivity index (χ0) is 18.7. The fraction of sp³-hybridized carbons (Fsp3) is 0.474. The molecule has 0 aliphatic carbocycles. The van der Waals surface area contributed by atoms with Crippen molar-refractivity contribution in [1.29, 1.82) is 0 Å². The predicted octanol–water partition coefficient (Wildman–Crippen LogP) is 4.26. The van der Waals surface area contributed by atoms with Crippen LogP contribution in [0.3, 0.4) is 0 Å². The first-order chi connectivity index (χ1) is 12.3. The second kappa shape index (κ2) is 7.51. The van der Waals surface area contributed by atoms with Crippen LogP contribution >= 0.6 is 0 Å². The molecule has 4 nitrogen and oxygen atoms in total. The van der Waals surface area contributed by atoms with Gasteiger partial charge in [-0.05, 0) is 30.4 Å². The Balaban J connectivity index is 1.53. The number of alkyl halides is 3. The van der Waals surface area contributed by atoms with Crippen LogP contribution in [-0.4, -0.2) is 33.7 Å². The van der Waals surface area contributed by atoms with Crippen molar-refractivity contribution >= 4 is 5.91 Å². The molecule has 1 saturated heterocycles. The third kappa shape index (κ3) is 4.26. The number of piperidine rings is 1. The minimum atomic E-state index is -4.42. The Morgan fingerprint density at radius 1 is 1.19 bits per heavy atom. The van der Waals surface area contributed by atoms with E-state index in [1.807, 2.05) is 42.2 Å². The van der Waals surface area contributed by atoms with Gasteiger partial charge in [0.15, 0.2) is 5.69 Å². The van der Waals surface area contributed by atoms with E-state index in [-0.39, 0.29) is 17.9 Å². The Labute approximate surface area is 150 Å². The molecular weight excluding hydrogens is 343 g/mol. The molecule has 3 rings (SSSR count). The van der Waals surface area contributed by atoms with Crippen molar-refractivity contribution < 1.29 is 18.0 Å². The maximum atomic E-state index is 12.7. The summed E-state index contributed by atoms with van der Waals surface area (Å²) in [5.74, 6) is 0.234. The van der Waals surface area contributed by atoms with Gasteiger partial charge >= 0.3 is 6.18 Å². The van der Waals surface area contributed by atoms with E-state index in [9.17, 15) is 18.0 Å². The fourth-order valence-electron chi connectivity index (χ4n) is 3.36. The van der Waals surface area contributed by atoms with Gasteiger partial charge in [0.2, 0.25) is 5.91 Å². The van der Waals surface area contributed by atoms with Crippen LogP contribution in [0.4, 0.5) is 13.2 Å². The Kier molecular flexibility index (Phi) is 5.34. The number of amides is 1. The van der Waals surface area contributed by atoms with Gasteiger partial charge in [0.05, 0.1) is 6.04 Å². The van der Waals surface area contributed by atoms with Crippen molar-refractivity contribution in [2.75, 3.05) is 13.1 Å². The molecule has 1 aromatic carbocycles. The van der Waals surface area contributed by atoms with Gasteiger partial charge in [0.25, 0.3) is 0 Å². The summed E-state index contributed by atoms with van der Waals surface area (Å²) in [5.41, 5.74) is 0.264. The summed E-state index contributed by atoms with van der Waals surface area (Å²) in [6.07, 6.45) is -1.37. The first-order valence-electron chi connectivity index (χ1n) is 8.79. The van der Waals surface area contributed by atoms with Gasteiger partial charge in [-0.25, -0.2) is 0 Å². The van der Waals surface area contributed by atoms with Crippen molar-refractivity contribution in [2.45, 2.75) is 44.3 Å². The van der Waals surface area contributed by atoms with Crippen LogP contribution < -0.4 is 0 Å². The van der Waals surface area contributed by atoms with Crippen molar-refractivity contribution in [3.8, 4) is 0 Å². The van der Waals surface area contributed by atoms with E-state index in [1.165, 1.54) is 10.9 Å². The average Bonchev–Trinajstić information content (AvgIpc) is 3.13. The molecule has 0 radical (unpaired) electrons. The van der Waals surface area contributed by atoms with Crippen LogP contribution in [0.5, 0.6) is 0 Å².